The number of aromatic nitrogens is 3. The third-order valence-corrected chi connectivity index (χ3v) is 6.10. The molecule has 0 spiro atoms. The third kappa shape index (κ3) is 6.63. The molecule has 35 heavy (non-hydrogen) atoms. The topological polar surface area (TPSA) is 224 Å². The minimum absolute atomic E-state index is 0. The summed E-state index contributed by atoms with van der Waals surface area (Å²) in [5, 5.41) is 4.24. The van der Waals surface area contributed by atoms with E-state index in [9.17, 15) is 4.79 Å². The molecule has 0 bridgehead atoms. The fourth-order valence-electron chi connectivity index (χ4n) is 4.41. The van der Waals surface area contributed by atoms with Crippen LogP contribution in [0.5, 0.6) is 0 Å². The van der Waals surface area contributed by atoms with Crippen molar-refractivity contribution in [1.29, 1.82) is 0 Å². The average Bonchev–Trinajstić information content (AvgIpc) is 2.80. The lowest BCUT2D eigenvalue weighted by Gasteiger charge is -2.30. The lowest BCUT2D eigenvalue weighted by atomic mass is 10.1. The van der Waals surface area contributed by atoms with Crippen molar-refractivity contribution in [1.82, 2.24) is 33.4 Å². The summed E-state index contributed by atoms with van der Waals surface area (Å²) < 4.78 is 5.39. The highest BCUT2D eigenvalue weighted by Gasteiger charge is 2.20. The largest absolute Gasteiger partial charge is 0.423 e. The maximum Gasteiger partial charge on any atom is 0.336 e. The Balaban J connectivity index is -0.000000766. The second-order valence-corrected chi connectivity index (χ2v) is 8.44. The van der Waals surface area contributed by atoms with E-state index in [0.29, 0.717) is 11.5 Å². The molecular formula is C23H47N9O3. The summed E-state index contributed by atoms with van der Waals surface area (Å²) >= 11 is 0. The number of hydrogen-bond donors (Lipinski definition) is 4. The quantitative estimate of drug-likeness (QED) is 0.362. The molecule has 12 nitrogen and oxygen atoms in total. The van der Waals surface area contributed by atoms with Gasteiger partial charge in [-0.1, -0.05) is 0 Å². The van der Waals surface area contributed by atoms with Crippen molar-refractivity contribution in [3.05, 3.63) is 40.2 Å². The number of hydrogen-bond acceptors (Lipinski definition) is 11. The zero-order valence-corrected chi connectivity index (χ0v) is 20.6. The van der Waals surface area contributed by atoms with Crippen LogP contribution in [0.3, 0.4) is 0 Å². The summed E-state index contributed by atoms with van der Waals surface area (Å²) in [5.74, 6) is 1.99. The molecule has 0 atom stereocenters. The van der Waals surface area contributed by atoms with E-state index < -0.39 is 0 Å². The molecule has 0 radical (unpaired) electrons. The first-order chi connectivity index (χ1) is 15.2. The molecule has 2 aliphatic rings. The average molecular weight is 498 g/mol. The monoisotopic (exact) mass is 497 g/mol. The van der Waals surface area contributed by atoms with Gasteiger partial charge in [0.05, 0.1) is 0 Å². The molecule has 4 heterocycles. The first-order valence-electron chi connectivity index (χ1n) is 11.2. The van der Waals surface area contributed by atoms with Gasteiger partial charge in [-0.25, -0.2) is 4.79 Å². The maximum absolute atomic E-state index is 11.8. The Bertz CT molecular complexity index is 1130. The summed E-state index contributed by atoms with van der Waals surface area (Å²) in [4.78, 5) is 30.6. The fraction of sp³-hybridized carbons (Fsp3) is 0.478. The van der Waals surface area contributed by atoms with Crippen LogP contribution in [0.2, 0.25) is 0 Å². The number of nitrogens with zero attached hydrogens (tertiary/aromatic N) is 5. The standard InChI is InChI=1S/C23H28N6O2.3H3N.H2O.4H2/c1-16-14-20(30)31-19-15-17(8-9-18(16)19)24-21-25-22(28-10-4-2-5-11-28)27-23(26-21)29-12-6-3-7-13-29;;;;;;;;/h8-9,14-15H,2-7,10-13H2,1H3,(H,24,25,26,27);3*1H3;1H2;4*1H. The van der Waals surface area contributed by atoms with Crippen LogP contribution in [0, 0.1) is 6.92 Å². The number of fused-ring (bicyclic) bond motifs is 1. The van der Waals surface area contributed by atoms with E-state index >= 15 is 0 Å². The SMILES string of the molecule is Cc1cc(=O)oc2cc(Nc3nc(N4CCCCC4)nc(N4CCCCC4)n3)ccc12.N.N.N.O.[HH].[HH].[HH].[HH]. The molecule has 2 saturated heterocycles. The van der Waals surface area contributed by atoms with Crippen LogP contribution in [0.15, 0.2) is 33.5 Å². The van der Waals surface area contributed by atoms with Crippen LogP contribution in [0.1, 0.15) is 49.8 Å². The molecule has 5 rings (SSSR count). The number of nitrogens with one attached hydrogen (secondary N) is 1. The van der Waals surface area contributed by atoms with Gasteiger partial charge in [0.15, 0.2) is 0 Å². The van der Waals surface area contributed by atoms with Gasteiger partial charge < -0.3 is 43.5 Å². The van der Waals surface area contributed by atoms with Gasteiger partial charge in [-0.3, -0.25) is 0 Å². The minimum Gasteiger partial charge on any atom is -0.423 e. The molecule has 2 aromatic heterocycles. The Kier molecular flexibility index (Phi) is 11.0. The van der Waals surface area contributed by atoms with Crippen molar-refractivity contribution in [3.63, 3.8) is 0 Å². The number of anilines is 4. The van der Waals surface area contributed by atoms with E-state index in [4.69, 9.17) is 19.4 Å². The van der Waals surface area contributed by atoms with Gasteiger partial charge in [-0.15, -0.1) is 0 Å². The molecule has 0 aliphatic carbocycles. The second-order valence-electron chi connectivity index (χ2n) is 8.44. The van der Waals surface area contributed by atoms with Gasteiger partial charge in [0.25, 0.3) is 0 Å². The van der Waals surface area contributed by atoms with Gasteiger partial charge in [0, 0.05) is 55.1 Å². The third-order valence-electron chi connectivity index (χ3n) is 6.10. The molecule has 2 aliphatic heterocycles. The van der Waals surface area contributed by atoms with Gasteiger partial charge in [0.2, 0.25) is 17.8 Å². The molecule has 12 heteroatoms. The van der Waals surface area contributed by atoms with Crippen molar-refractivity contribution in [3.8, 4) is 0 Å². The first kappa shape index (κ1) is 29.7. The van der Waals surface area contributed by atoms with E-state index in [0.717, 1.165) is 80.4 Å². The number of piperidine rings is 2. The molecule has 2 fully saturated rings. The maximum atomic E-state index is 11.8. The molecule has 3 aromatic rings. The van der Waals surface area contributed by atoms with Crippen LogP contribution in [0.4, 0.5) is 23.5 Å². The summed E-state index contributed by atoms with van der Waals surface area (Å²) in [6.07, 6.45) is 7.17. The molecular weight excluding hydrogens is 450 g/mol. The van der Waals surface area contributed by atoms with Crippen molar-refractivity contribution in [2.45, 2.75) is 45.4 Å². The molecule has 12 N–H and O–H groups in total. The van der Waals surface area contributed by atoms with Gasteiger partial charge in [-0.05, 0) is 63.1 Å². The normalized spacial score (nSPS) is 15.2. The Labute approximate surface area is 211 Å². The van der Waals surface area contributed by atoms with Crippen LogP contribution in [-0.2, 0) is 0 Å². The Hall–Kier alpha value is -3.32. The summed E-state index contributed by atoms with van der Waals surface area (Å²) in [7, 11) is 0. The number of rotatable bonds is 4. The van der Waals surface area contributed by atoms with Crippen LogP contribution in [-0.4, -0.2) is 46.6 Å². The lowest BCUT2D eigenvalue weighted by molar-refractivity contribution is 0.556. The highest BCUT2D eigenvalue weighted by atomic mass is 16.4. The number of aryl methyl sites for hydroxylation is 1. The predicted molar refractivity (Wildman–Crippen MR) is 150 cm³/mol. The summed E-state index contributed by atoms with van der Waals surface area (Å²) in [5.41, 5.74) is 1.89. The van der Waals surface area contributed by atoms with Crippen molar-refractivity contribution >= 4 is 34.5 Å². The lowest BCUT2D eigenvalue weighted by Crippen LogP contribution is -2.34. The van der Waals surface area contributed by atoms with Crippen molar-refractivity contribution in [2.24, 2.45) is 0 Å². The summed E-state index contributed by atoms with van der Waals surface area (Å²) in [6, 6.07) is 7.25. The smallest absolute Gasteiger partial charge is 0.336 e. The van der Waals surface area contributed by atoms with Crippen molar-refractivity contribution in [2.75, 3.05) is 41.3 Å². The fourth-order valence-corrected chi connectivity index (χ4v) is 4.41. The second kappa shape index (κ2) is 13.0. The zero-order chi connectivity index (χ0) is 21.2. The molecule has 0 amide bonds. The number of benzene rings is 1. The van der Waals surface area contributed by atoms with Gasteiger partial charge in [0.1, 0.15) is 5.58 Å². The molecule has 202 valence electrons. The van der Waals surface area contributed by atoms with Crippen LogP contribution < -0.4 is 39.2 Å². The Morgan fingerprint density at radius 1 is 0.829 bits per heavy atom. The van der Waals surface area contributed by atoms with E-state index in [1.807, 2.05) is 25.1 Å². The molecule has 0 unspecified atom stereocenters. The first-order valence-corrected chi connectivity index (χ1v) is 11.2. The van der Waals surface area contributed by atoms with Crippen LogP contribution in [0.25, 0.3) is 11.0 Å². The summed E-state index contributed by atoms with van der Waals surface area (Å²) in [6.45, 7) is 5.81. The van der Waals surface area contributed by atoms with Gasteiger partial charge in [-0.2, -0.15) is 15.0 Å². The van der Waals surface area contributed by atoms with Gasteiger partial charge >= 0.3 is 5.63 Å². The van der Waals surface area contributed by atoms with E-state index in [1.165, 1.54) is 18.9 Å². The highest BCUT2D eigenvalue weighted by molar-refractivity contribution is 5.83. The van der Waals surface area contributed by atoms with E-state index in [-0.39, 0.29) is 35.3 Å². The Morgan fingerprint density at radius 2 is 1.37 bits per heavy atom. The molecule has 1 aromatic carbocycles. The Morgan fingerprint density at radius 3 is 1.91 bits per heavy atom. The van der Waals surface area contributed by atoms with E-state index in [1.54, 1.807) is 0 Å². The molecule has 0 saturated carbocycles. The zero-order valence-electron chi connectivity index (χ0n) is 20.6. The predicted octanol–water partition coefficient (Wildman–Crippen LogP) is 4.66. The minimum atomic E-state index is -0.345. The highest BCUT2D eigenvalue weighted by Crippen LogP contribution is 2.26. The van der Waals surface area contributed by atoms with Crippen LogP contribution >= 0.6 is 0 Å². The van der Waals surface area contributed by atoms with E-state index in [2.05, 4.69) is 15.1 Å². The van der Waals surface area contributed by atoms with Crippen molar-refractivity contribution < 1.29 is 15.6 Å².